The van der Waals surface area contributed by atoms with E-state index in [0.29, 0.717) is 10.2 Å². The Labute approximate surface area is 56.3 Å². The van der Waals surface area contributed by atoms with E-state index in [9.17, 15) is 5.21 Å². The highest BCUT2D eigenvalue weighted by Crippen LogP contribution is 2.03. The molecule has 10 heavy (non-hydrogen) atoms. The second-order valence-electron chi connectivity index (χ2n) is 1.88. The summed E-state index contributed by atoms with van der Waals surface area (Å²) in [5.41, 5.74) is 0.833. The van der Waals surface area contributed by atoms with E-state index >= 15 is 0 Å². The third kappa shape index (κ3) is 0.556. The van der Waals surface area contributed by atoms with Crippen LogP contribution in [0.2, 0.25) is 0 Å². The molecular weight excluding hydrogens is 132 g/mol. The Hall–Kier alpha value is -1.58. The van der Waals surface area contributed by atoms with E-state index in [1.165, 1.54) is 12.6 Å². The fraction of sp³-hybridized carbons (Fsp3) is 0. The quantitative estimate of drug-likeness (QED) is 0.390. The van der Waals surface area contributed by atoms with Gasteiger partial charge in [-0.15, -0.1) is 4.73 Å². The Kier molecular flexibility index (Phi) is 0.887. The molecule has 0 aliphatic heterocycles. The van der Waals surface area contributed by atoms with Gasteiger partial charge in [-0.1, -0.05) is 0 Å². The molecule has 0 unspecified atom stereocenters. The molecule has 0 aliphatic rings. The Morgan fingerprint density at radius 1 is 1.60 bits per heavy atom. The van der Waals surface area contributed by atoms with Crippen LogP contribution in [-0.2, 0) is 0 Å². The molecule has 0 radical (unpaired) electrons. The number of pyridine rings is 1. The average Bonchev–Trinajstić information content (AvgIpc) is 2.36. The van der Waals surface area contributed by atoms with E-state index in [1.807, 2.05) is 0 Å². The lowest BCUT2D eigenvalue weighted by molar-refractivity contribution is -0.584. The molecule has 0 amide bonds. The average molecular weight is 136 g/mol. The summed E-state index contributed by atoms with van der Waals surface area (Å²) in [6, 6.07) is 3.34. The summed E-state index contributed by atoms with van der Waals surface area (Å²) >= 11 is 0. The van der Waals surface area contributed by atoms with Crippen molar-refractivity contribution < 1.29 is 9.15 Å². The van der Waals surface area contributed by atoms with Crippen LogP contribution in [0.5, 0.6) is 0 Å². The first-order valence-corrected chi connectivity index (χ1v) is 2.79. The second kappa shape index (κ2) is 1.70. The fourth-order valence-electron chi connectivity index (χ4n) is 0.808. The van der Waals surface area contributed by atoms with Crippen LogP contribution in [0.1, 0.15) is 0 Å². The minimum absolute atomic E-state index is 0.252. The molecule has 2 rings (SSSR count). The van der Waals surface area contributed by atoms with Gasteiger partial charge in [0.1, 0.15) is 0 Å². The van der Waals surface area contributed by atoms with Crippen LogP contribution in [0.15, 0.2) is 29.1 Å². The minimum Gasteiger partial charge on any atom is -0.616 e. The zero-order valence-corrected chi connectivity index (χ0v) is 5.02. The van der Waals surface area contributed by atoms with Gasteiger partial charge in [-0.3, -0.25) is 0 Å². The van der Waals surface area contributed by atoms with Gasteiger partial charge in [0, 0.05) is 6.07 Å². The molecule has 0 atom stereocenters. The molecule has 50 valence electrons. The highest BCUT2D eigenvalue weighted by atomic mass is 16.5. The van der Waals surface area contributed by atoms with Crippen LogP contribution in [0.3, 0.4) is 0 Å². The van der Waals surface area contributed by atoms with Crippen LogP contribution in [-0.4, -0.2) is 4.98 Å². The number of fused-ring (bicyclic) bond motifs is 1. The molecule has 2 aromatic rings. The van der Waals surface area contributed by atoms with Crippen molar-refractivity contribution in [3.8, 4) is 0 Å². The Balaban J connectivity index is 2.95. The van der Waals surface area contributed by atoms with Crippen LogP contribution < -0.4 is 4.73 Å². The van der Waals surface area contributed by atoms with Crippen LogP contribution in [0, 0.1) is 5.21 Å². The molecule has 0 fully saturated rings. The third-order valence-corrected chi connectivity index (χ3v) is 1.25. The van der Waals surface area contributed by atoms with E-state index in [0.717, 1.165) is 0 Å². The van der Waals surface area contributed by atoms with Gasteiger partial charge in [0.05, 0.1) is 0 Å². The molecule has 0 spiro atoms. The molecule has 2 aromatic heterocycles. The number of aromatic nitrogens is 2. The van der Waals surface area contributed by atoms with E-state index in [-0.39, 0.29) is 5.71 Å². The van der Waals surface area contributed by atoms with Gasteiger partial charge in [-0.2, -0.15) is 0 Å². The highest BCUT2D eigenvalue weighted by molar-refractivity contribution is 5.63. The summed E-state index contributed by atoms with van der Waals surface area (Å²) in [6.45, 7) is 0. The SMILES string of the molecule is [O-][n+]1cccc2ncoc21. The Morgan fingerprint density at radius 3 is 3.30 bits per heavy atom. The van der Waals surface area contributed by atoms with Crippen LogP contribution >= 0.6 is 0 Å². The van der Waals surface area contributed by atoms with Crippen LogP contribution in [0.25, 0.3) is 11.2 Å². The fourth-order valence-corrected chi connectivity index (χ4v) is 0.808. The largest absolute Gasteiger partial charge is 0.616 e. The maximum atomic E-state index is 10.8. The maximum absolute atomic E-state index is 10.8. The molecule has 0 aliphatic carbocycles. The monoisotopic (exact) mass is 136 g/mol. The van der Waals surface area contributed by atoms with Gasteiger partial charge >= 0.3 is 5.71 Å². The van der Waals surface area contributed by atoms with Gasteiger partial charge in [-0.05, 0) is 6.07 Å². The summed E-state index contributed by atoms with van der Waals surface area (Å²) in [6.07, 6.45) is 2.62. The number of hydrogen-bond donors (Lipinski definition) is 0. The lowest BCUT2D eigenvalue weighted by atomic mass is 10.4. The number of nitrogens with zero attached hydrogens (tertiary/aromatic N) is 2. The topological polar surface area (TPSA) is 53.0 Å². The first-order valence-electron chi connectivity index (χ1n) is 2.79. The number of hydrogen-bond acceptors (Lipinski definition) is 3. The number of rotatable bonds is 0. The van der Waals surface area contributed by atoms with E-state index < -0.39 is 0 Å². The molecule has 0 saturated heterocycles. The molecular formula is C6H4N2O2. The summed E-state index contributed by atoms with van der Waals surface area (Å²) in [7, 11) is 0. The highest BCUT2D eigenvalue weighted by Gasteiger charge is 2.04. The van der Waals surface area contributed by atoms with Crippen molar-refractivity contribution in [3.05, 3.63) is 29.9 Å². The molecule has 4 nitrogen and oxygen atoms in total. The van der Waals surface area contributed by atoms with Gasteiger partial charge in [0.15, 0.2) is 18.1 Å². The minimum atomic E-state index is 0.252. The Bertz CT molecular complexity index is 355. The maximum Gasteiger partial charge on any atom is 0.412 e. The number of oxazole rings is 1. The van der Waals surface area contributed by atoms with Gasteiger partial charge in [0.25, 0.3) is 0 Å². The summed E-state index contributed by atoms with van der Waals surface area (Å²) in [5, 5.41) is 10.8. The van der Waals surface area contributed by atoms with Crippen molar-refractivity contribution in [1.29, 1.82) is 0 Å². The van der Waals surface area contributed by atoms with Crippen molar-refractivity contribution in [2.45, 2.75) is 0 Å². The molecule has 0 saturated carbocycles. The third-order valence-electron chi connectivity index (χ3n) is 1.25. The van der Waals surface area contributed by atoms with Gasteiger partial charge < -0.3 is 9.62 Å². The summed E-state index contributed by atoms with van der Waals surface area (Å²) in [4.78, 5) is 3.79. The normalized spacial score (nSPS) is 10.4. The van der Waals surface area contributed by atoms with E-state index in [4.69, 9.17) is 4.42 Å². The zero-order valence-electron chi connectivity index (χ0n) is 5.02. The van der Waals surface area contributed by atoms with Crippen molar-refractivity contribution >= 4 is 11.2 Å². The van der Waals surface area contributed by atoms with Gasteiger partial charge in [0.2, 0.25) is 0 Å². The van der Waals surface area contributed by atoms with Gasteiger partial charge in [-0.25, -0.2) is 4.98 Å². The molecule has 2 heterocycles. The Morgan fingerprint density at radius 2 is 2.50 bits per heavy atom. The first kappa shape index (κ1) is 5.22. The summed E-state index contributed by atoms with van der Waals surface area (Å²) < 4.78 is 5.43. The zero-order chi connectivity index (χ0) is 6.97. The molecule has 0 bridgehead atoms. The van der Waals surface area contributed by atoms with E-state index in [1.54, 1.807) is 12.1 Å². The smallest absolute Gasteiger partial charge is 0.412 e. The summed E-state index contributed by atoms with van der Waals surface area (Å²) in [5.74, 6) is 0. The standard InChI is InChI=1S/C6H4N2O2/c9-8-3-1-2-5-6(8)10-4-7-5/h1-4H. The lowest BCUT2D eigenvalue weighted by Gasteiger charge is -1.90. The van der Waals surface area contributed by atoms with E-state index in [2.05, 4.69) is 4.98 Å². The van der Waals surface area contributed by atoms with Crippen molar-refractivity contribution in [3.63, 3.8) is 0 Å². The first-order chi connectivity index (χ1) is 4.88. The molecule has 0 aromatic carbocycles. The van der Waals surface area contributed by atoms with Crippen molar-refractivity contribution in [2.75, 3.05) is 0 Å². The van der Waals surface area contributed by atoms with Crippen molar-refractivity contribution in [1.82, 2.24) is 4.98 Å². The van der Waals surface area contributed by atoms with Crippen molar-refractivity contribution in [2.24, 2.45) is 0 Å². The molecule has 4 heteroatoms. The van der Waals surface area contributed by atoms with Crippen LogP contribution in [0.4, 0.5) is 0 Å². The predicted molar refractivity (Wildman–Crippen MR) is 33.0 cm³/mol. The molecule has 0 N–H and O–H groups in total. The predicted octanol–water partition coefficient (Wildman–Crippen LogP) is 0.461. The lowest BCUT2D eigenvalue weighted by Crippen LogP contribution is -2.24. The second-order valence-corrected chi connectivity index (χ2v) is 1.88.